The molecule has 10 nitrogen and oxygen atoms in total. The number of aromatic amines is 1. The van der Waals surface area contributed by atoms with E-state index in [-0.39, 0.29) is 17.1 Å². The van der Waals surface area contributed by atoms with E-state index in [0.29, 0.717) is 22.2 Å². The minimum Gasteiger partial charge on any atom is -0.443 e. The van der Waals surface area contributed by atoms with E-state index >= 15 is 0 Å². The van der Waals surface area contributed by atoms with Crippen LogP contribution in [-0.2, 0) is 21.4 Å². The fraction of sp³-hybridized carbons (Fsp3) is 0.115. The molecule has 188 valence electrons. The van der Waals surface area contributed by atoms with Crippen molar-refractivity contribution in [1.82, 2.24) is 15.4 Å². The first-order chi connectivity index (χ1) is 17.7. The number of fused-ring (bicyclic) bond motifs is 1. The Morgan fingerprint density at radius 3 is 2.43 bits per heavy atom. The Hall–Kier alpha value is -4.82. The van der Waals surface area contributed by atoms with Crippen molar-refractivity contribution >= 4 is 38.6 Å². The van der Waals surface area contributed by atoms with Gasteiger partial charge in [0, 0.05) is 24.2 Å². The lowest BCUT2D eigenvalue weighted by atomic mass is 10.1. The molecule has 0 aliphatic rings. The molecule has 0 atom stereocenters. The van der Waals surface area contributed by atoms with Gasteiger partial charge in [-0.15, -0.1) is 0 Å². The van der Waals surface area contributed by atoms with Crippen molar-refractivity contribution in [3.63, 3.8) is 0 Å². The third-order valence-corrected chi connectivity index (χ3v) is 6.98. The number of carbonyl (C=O) groups is 2. The van der Waals surface area contributed by atoms with Gasteiger partial charge in [-0.3, -0.25) is 14.5 Å². The van der Waals surface area contributed by atoms with Gasteiger partial charge in [-0.25, -0.2) is 18.6 Å². The molecule has 0 fully saturated rings. The van der Waals surface area contributed by atoms with E-state index < -0.39 is 22.0 Å². The van der Waals surface area contributed by atoms with Crippen LogP contribution in [0.25, 0.3) is 10.9 Å². The molecular formula is C26H23N5O5S. The number of aromatic nitrogens is 1. The van der Waals surface area contributed by atoms with Gasteiger partial charge in [0.15, 0.2) is 0 Å². The molecule has 0 bridgehead atoms. The first-order valence-corrected chi connectivity index (χ1v) is 12.6. The largest absolute Gasteiger partial charge is 0.443 e. The number of sulfonamides is 1. The Balaban J connectivity index is 1.42. The Labute approximate surface area is 213 Å². The second-order valence-corrected chi connectivity index (χ2v) is 9.84. The van der Waals surface area contributed by atoms with Gasteiger partial charge in [-0.05, 0) is 48.4 Å². The first kappa shape index (κ1) is 25.3. The van der Waals surface area contributed by atoms with Gasteiger partial charge in [0.25, 0.3) is 15.9 Å². The second-order valence-electron chi connectivity index (χ2n) is 8.16. The Morgan fingerprint density at radius 2 is 1.76 bits per heavy atom. The van der Waals surface area contributed by atoms with Gasteiger partial charge in [0.2, 0.25) is 0 Å². The normalized spacial score (nSPS) is 10.9. The quantitative estimate of drug-likeness (QED) is 0.329. The highest BCUT2D eigenvalue weighted by molar-refractivity contribution is 7.92. The minimum atomic E-state index is -4.00. The maximum Gasteiger partial charge on any atom is 0.426 e. The Morgan fingerprint density at radius 1 is 1.05 bits per heavy atom. The second kappa shape index (κ2) is 10.4. The van der Waals surface area contributed by atoms with Crippen LogP contribution in [0.15, 0.2) is 77.8 Å². The van der Waals surface area contributed by atoms with Gasteiger partial charge < -0.3 is 9.72 Å². The summed E-state index contributed by atoms with van der Waals surface area (Å²) in [5.74, 6) is -0.566. The van der Waals surface area contributed by atoms with Gasteiger partial charge in [0.05, 0.1) is 21.7 Å². The molecule has 0 spiro atoms. The Kier molecular flexibility index (Phi) is 7.13. The van der Waals surface area contributed by atoms with Crippen molar-refractivity contribution < 1.29 is 22.7 Å². The number of H-pyrrole nitrogens is 1. The highest BCUT2D eigenvalue weighted by Gasteiger charge is 2.20. The first-order valence-electron chi connectivity index (χ1n) is 11.1. The standard InChI is InChI=1S/C26H23N5O5S/c1-17-8-13-22(24-23(17)20(14-27)15-28-24)30-37(34,35)21-11-9-19(10-12-21)25(32)31(2)29-26(33)36-16-18-6-4-3-5-7-18/h3-13,15,28,30H,16H2,1-2H3,(H,29,33). The monoisotopic (exact) mass is 517 g/mol. The van der Waals surface area contributed by atoms with Crippen LogP contribution in [0.3, 0.4) is 0 Å². The van der Waals surface area contributed by atoms with Gasteiger partial charge in [-0.2, -0.15) is 5.26 Å². The summed E-state index contributed by atoms with van der Waals surface area (Å²) in [4.78, 5) is 27.6. The van der Waals surface area contributed by atoms with Crippen LogP contribution in [-0.4, -0.2) is 37.5 Å². The molecule has 0 radical (unpaired) electrons. The van der Waals surface area contributed by atoms with Crippen LogP contribution < -0.4 is 10.1 Å². The van der Waals surface area contributed by atoms with Crippen molar-refractivity contribution in [3.05, 3.63) is 95.2 Å². The molecule has 4 aromatic rings. The zero-order valence-corrected chi connectivity index (χ0v) is 20.8. The SMILES string of the molecule is Cc1ccc(NS(=O)(=O)c2ccc(C(=O)N(C)NC(=O)OCc3ccccc3)cc2)c2[nH]cc(C#N)c12. The van der Waals surface area contributed by atoms with Crippen LogP contribution in [0.1, 0.15) is 27.0 Å². The number of nitrogens with one attached hydrogen (secondary N) is 3. The molecule has 0 saturated heterocycles. The molecule has 3 N–H and O–H groups in total. The molecule has 1 aromatic heterocycles. The molecule has 3 aromatic carbocycles. The number of nitriles is 1. The number of carbonyl (C=O) groups excluding carboxylic acids is 2. The van der Waals surface area contributed by atoms with Crippen molar-refractivity contribution in [3.8, 4) is 6.07 Å². The average molecular weight is 518 g/mol. The zero-order chi connectivity index (χ0) is 26.6. The van der Waals surface area contributed by atoms with Crippen LogP contribution in [0.5, 0.6) is 0 Å². The molecular weight excluding hydrogens is 494 g/mol. The highest BCUT2D eigenvalue weighted by atomic mass is 32.2. The number of aryl methyl sites for hydroxylation is 1. The molecule has 4 rings (SSSR count). The lowest BCUT2D eigenvalue weighted by molar-refractivity contribution is 0.0658. The van der Waals surface area contributed by atoms with Crippen molar-refractivity contribution in [1.29, 1.82) is 5.26 Å². The van der Waals surface area contributed by atoms with E-state index in [0.717, 1.165) is 16.1 Å². The smallest absolute Gasteiger partial charge is 0.426 e. The highest BCUT2D eigenvalue weighted by Crippen LogP contribution is 2.30. The molecule has 37 heavy (non-hydrogen) atoms. The number of benzene rings is 3. The fourth-order valence-corrected chi connectivity index (χ4v) is 4.78. The molecule has 2 amide bonds. The molecule has 1 heterocycles. The van der Waals surface area contributed by atoms with Crippen LogP contribution >= 0.6 is 0 Å². The van der Waals surface area contributed by atoms with Gasteiger partial charge in [-0.1, -0.05) is 36.4 Å². The number of hydrazine groups is 1. The predicted octanol–water partition coefficient (Wildman–Crippen LogP) is 4.06. The average Bonchev–Trinajstić information content (AvgIpc) is 3.35. The summed E-state index contributed by atoms with van der Waals surface area (Å²) in [5.41, 5.74) is 5.31. The third-order valence-electron chi connectivity index (χ3n) is 5.60. The fourth-order valence-electron chi connectivity index (χ4n) is 3.71. The summed E-state index contributed by atoms with van der Waals surface area (Å²) in [5, 5.41) is 10.9. The number of rotatable bonds is 6. The summed E-state index contributed by atoms with van der Waals surface area (Å²) < 4.78 is 33.6. The molecule has 0 aliphatic carbocycles. The van der Waals surface area contributed by atoms with E-state index in [1.54, 1.807) is 24.3 Å². The predicted molar refractivity (Wildman–Crippen MR) is 137 cm³/mol. The van der Waals surface area contributed by atoms with Gasteiger partial charge in [0.1, 0.15) is 12.7 Å². The number of anilines is 1. The number of hydrogen-bond acceptors (Lipinski definition) is 6. The molecule has 0 unspecified atom stereocenters. The molecule has 0 aliphatic heterocycles. The van der Waals surface area contributed by atoms with Crippen LogP contribution in [0.4, 0.5) is 10.5 Å². The summed E-state index contributed by atoms with van der Waals surface area (Å²) in [6.45, 7) is 1.88. The van der Waals surface area contributed by atoms with E-state index in [2.05, 4.69) is 21.2 Å². The van der Waals surface area contributed by atoms with Crippen LogP contribution in [0.2, 0.25) is 0 Å². The number of amides is 2. The third kappa shape index (κ3) is 5.55. The van der Waals surface area contributed by atoms with Crippen LogP contribution in [0, 0.1) is 18.3 Å². The lowest BCUT2D eigenvalue weighted by Crippen LogP contribution is -2.43. The molecule has 11 heteroatoms. The summed E-state index contributed by atoms with van der Waals surface area (Å²) >= 11 is 0. The van der Waals surface area contributed by atoms with E-state index in [4.69, 9.17) is 4.74 Å². The summed E-state index contributed by atoms with van der Waals surface area (Å²) in [6, 6.07) is 19.8. The van der Waals surface area contributed by atoms with E-state index in [1.165, 1.54) is 37.5 Å². The maximum absolute atomic E-state index is 13.0. The Bertz CT molecular complexity index is 1610. The summed E-state index contributed by atoms with van der Waals surface area (Å²) in [7, 11) is -2.64. The number of nitrogens with zero attached hydrogens (tertiary/aromatic N) is 2. The van der Waals surface area contributed by atoms with Gasteiger partial charge >= 0.3 is 6.09 Å². The van der Waals surface area contributed by atoms with Crippen molar-refractivity contribution in [2.45, 2.75) is 18.4 Å². The number of ether oxygens (including phenoxy) is 1. The summed E-state index contributed by atoms with van der Waals surface area (Å²) in [6.07, 6.45) is 0.717. The lowest BCUT2D eigenvalue weighted by Gasteiger charge is -2.18. The number of hydrogen-bond donors (Lipinski definition) is 3. The molecule has 0 saturated carbocycles. The van der Waals surface area contributed by atoms with Crippen molar-refractivity contribution in [2.75, 3.05) is 11.8 Å². The topological polar surface area (TPSA) is 144 Å². The maximum atomic E-state index is 13.0. The zero-order valence-electron chi connectivity index (χ0n) is 20.0. The van der Waals surface area contributed by atoms with E-state index in [9.17, 15) is 23.3 Å². The van der Waals surface area contributed by atoms with Crippen molar-refractivity contribution in [2.24, 2.45) is 0 Å². The van der Waals surface area contributed by atoms with E-state index in [1.807, 2.05) is 25.1 Å². The minimum absolute atomic E-state index is 0.0435.